The Bertz CT molecular complexity index is 757. The maximum absolute atomic E-state index is 13.2. The van der Waals surface area contributed by atoms with Crippen molar-refractivity contribution in [3.05, 3.63) is 69.4 Å². The Morgan fingerprint density at radius 1 is 1.08 bits per heavy atom. The summed E-state index contributed by atoms with van der Waals surface area (Å²) in [6.07, 6.45) is 0.468. The van der Waals surface area contributed by atoms with Gasteiger partial charge in [-0.05, 0) is 35.7 Å². The first kappa shape index (κ1) is 18.1. The Morgan fingerprint density at radius 3 is 2.48 bits per heavy atom. The van der Waals surface area contributed by atoms with Gasteiger partial charge in [0.1, 0.15) is 5.82 Å². The molecule has 132 valence electrons. The van der Waals surface area contributed by atoms with E-state index in [1.807, 2.05) is 42.2 Å². The number of carbonyl (C=O) groups is 1. The first-order valence-corrected chi connectivity index (χ1v) is 9.31. The monoisotopic (exact) mass is 404 g/mol. The summed E-state index contributed by atoms with van der Waals surface area (Å²) in [5.74, 6) is -0.0424. The SMILES string of the molecule is Cc1ccccc1CC(=O)N1CCN(Cc2ccc(F)cc2Br)CC1. The second kappa shape index (κ2) is 8.11. The van der Waals surface area contributed by atoms with Crippen LogP contribution in [0.2, 0.25) is 0 Å². The molecule has 3 rings (SSSR count). The molecule has 0 N–H and O–H groups in total. The van der Waals surface area contributed by atoms with Gasteiger partial charge in [0.25, 0.3) is 0 Å². The molecule has 1 saturated heterocycles. The van der Waals surface area contributed by atoms with Gasteiger partial charge in [-0.25, -0.2) is 4.39 Å². The predicted octanol–water partition coefficient (Wildman–Crippen LogP) is 3.78. The van der Waals surface area contributed by atoms with Gasteiger partial charge in [0, 0.05) is 37.2 Å². The Balaban J connectivity index is 1.53. The van der Waals surface area contributed by atoms with E-state index in [4.69, 9.17) is 0 Å². The minimum absolute atomic E-state index is 0.192. The van der Waals surface area contributed by atoms with Gasteiger partial charge in [0.15, 0.2) is 0 Å². The normalized spacial score (nSPS) is 15.4. The van der Waals surface area contributed by atoms with E-state index in [2.05, 4.69) is 20.8 Å². The Kier molecular flexibility index (Phi) is 5.86. The van der Waals surface area contributed by atoms with Crippen molar-refractivity contribution in [1.82, 2.24) is 9.80 Å². The van der Waals surface area contributed by atoms with Gasteiger partial charge in [0.05, 0.1) is 6.42 Å². The van der Waals surface area contributed by atoms with Crippen molar-refractivity contribution in [3.8, 4) is 0 Å². The molecule has 0 spiro atoms. The molecule has 0 aliphatic carbocycles. The fourth-order valence-corrected chi connectivity index (χ4v) is 3.61. The lowest BCUT2D eigenvalue weighted by molar-refractivity contribution is -0.132. The highest BCUT2D eigenvalue weighted by molar-refractivity contribution is 9.10. The number of hydrogen-bond acceptors (Lipinski definition) is 2. The van der Waals surface area contributed by atoms with Crippen LogP contribution >= 0.6 is 15.9 Å². The summed E-state index contributed by atoms with van der Waals surface area (Å²) in [6, 6.07) is 12.8. The number of rotatable bonds is 4. The topological polar surface area (TPSA) is 23.6 Å². The molecule has 1 amide bonds. The number of hydrogen-bond donors (Lipinski definition) is 0. The molecule has 1 aliphatic rings. The van der Waals surface area contributed by atoms with Gasteiger partial charge >= 0.3 is 0 Å². The Labute approximate surface area is 156 Å². The summed E-state index contributed by atoms with van der Waals surface area (Å²) in [6.45, 7) is 5.96. The molecule has 0 aromatic heterocycles. The van der Waals surface area contributed by atoms with Crippen LogP contribution in [0, 0.1) is 12.7 Å². The van der Waals surface area contributed by atoms with Crippen LogP contribution in [-0.2, 0) is 17.8 Å². The Hall–Kier alpha value is -1.72. The van der Waals surface area contributed by atoms with Gasteiger partial charge in [0.2, 0.25) is 5.91 Å². The van der Waals surface area contributed by atoms with Gasteiger partial charge in [-0.3, -0.25) is 9.69 Å². The smallest absolute Gasteiger partial charge is 0.227 e. The fraction of sp³-hybridized carbons (Fsp3) is 0.350. The van der Waals surface area contributed by atoms with E-state index < -0.39 is 0 Å². The summed E-state index contributed by atoms with van der Waals surface area (Å²) in [5.41, 5.74) is 3.34. The molecule has 2 aromatic rings. The highest BCUT2D eigenvalue weighted by Gasteiger charge is 2.22. The maximum atomic E-state index is 13.2. The largest absolute Gasteiger partial charge is 0.340 e. The fourth-order valence-electron chi connectivity index (χ4n) is 3.13. The van der Waals surface area contributed by atoms with Crippen LogP contribution in [0.1, 0.15) is 16.7 Å². The van der Waals surface area contributed by atoms with Crippen LogP contribution < -0.4 is 0 Å². The average molecular weight is 405 g/mol. The van der Waals surface area contributed by atoms with Gasteiger partial charge < -0.3 is 4.90 Å². The maximum Gasteiger partial charge on any atom is 0.227 e. The summed E-state index contributed by atoms with van der Waals surface area (Å²) in [5, 5.41) is 0. The second-order valence-corrected chi connectivity index (χ2v) is 7.35. The summed E-state index contributed by atoms with van der Waals surface area (Å²) >= 11 is 3.42. The molecule has 0 bridgehead atoms. The zero-order valence-electron chi connectivity index (χ0n) is 14.3. The molecule has 5 heteroatoms. The van der Waals surface area contributed by atoms with Gasteiger partial charge in [-0.2, -0.15) is 0 Å². The third-order valence-corrected chi connectivity index (χ3v) is 5.48. The average Bonchev–Trinajstić information content (AvgIpc) is 2.60. The molecule has 0 saturated carbocycles. The second-order valence-electron chi connectivity index (χ2n) is 6.50. The van der Waals surface area contributed by atoms with Crippen molar-refractivity contribution in [1.29, 1.82) is 0 Å². The number of nitrogens with zero attached hydrogens (tertiary/aromatic N) is 2. The highest BCUT2D eigenvalue weighted by atomic mass is 79.9. The van der Waals surface area contributed by atoms with Crippen molar-refractivity contribution in [2.45, 2.75) is 19.9 Å². The first-order chi connectivity index (χ1) is 12.0. The summed E-state index contributed by atoms with van der Waals surface area (Å²) in [4.78, 5) is 16.8. The van der Waals surface area contributed by atoms with E-state index in [1.54, 1.807) is 0 Å². The predicted molar refractivity (Wildman–Crippen MR) is 101 cm³/mol. The molecule has 1 fully saturated rings. The van der Waals surface area contributed by atoms with E-state index in [1.165, 1.54) is 12.1 Å². The zero-order chi connectivity index (χ0) is 17.8. The van der Waals surface area contributed by atoms with E-state index >= 15 is 0 Å². The molecule has 1 heterocycles. The quantitative estimate of drug-likeness (QED) is 0.773. The zero-order valence-corrected chi connectivity index (χ0v) is 15.9. The third-order valence-electron chi connectivity index (χ3n) is 4.74. The van der Waals surface area contributed by atoms with Gasteiger partial charge in [-0.15, -0.1) is 0 Å². The number of halogens is 2. The van der Waals surface area contributed by atoms with Crippen molar-refractivity contribution >= 4 is 21.8 Å². The molecular formula is C20H22BrFN2O. The van der Waals surface area contributed by atoms with Crippen molar-refractivity contribution < 1.29 is 9.18 Å². The Morgan fingerprint density at radius 2 is 1.80 bits per heavy atom. The molecular weight excluding hydrogens is 383 g/mol. The van der Waals surface area contributed by atoms with E-state index in [0.29, 0.717) is 6.42 Å². The molecule has 3 nitrogen and oxygen atoms in total. The number of benzene rings is 2. The number of amides is 1. The highest BCUT2D eigenvalue weighted by Crippen LogP contribution is 2.20. The van der Waals surface area contributed by atoms with Crippen LogP contribution in [0.25, 0.3) is 0 Å². The van der Waals surface area contributed by atoms with Crippen LogP contribution in [0.15, 0.2) is 46.9 Å². The van der Waals surface area contributed by atoms with Crippen molar-refractivity contribution in [3.63, 3.8) is 0 Å². The molecule has 0 atom stereocenters. The molecule has 25 heavy (non-hydrogen) atoms. The molecule has 1 aliphatic heterocycles. The summed E-state index contributed by atoms with van der Waals surface area (Å²) < 4.78 is 14.0. The first-order valence-electron chi connectivity index (χ1n) is 8.51. The number of carbonyl (C=O) groups excluding carboxylic acids is 1. The lowest BCUT2D eigenvalue weighted by atomic mass is 10.1. The van der Waals surface area contributed by atoms with Crippen LogP contribution in [0.3, 0.4) is 0 Å². The lowest BCUT2D eigenvalue weighted by Gasteiger charge is -2.35. The standard InChI is InChI=1S/C20H22BrFN2O/c1-15-4-2-3-5-16(15)12-20(25)24-10-8-23(9-11-24)14-17-6-7-18(22)13-19(17)21/h2-7,13H,8-12,14H2,1H3. The molecule has 0 unspecified atom stereocenters. The van der Waals surface area contributed by atoms with E-state index in [9.17, 15) is 9.18 Å². The minimum atomic E-state index is -0.234. The van der Waals surface area contributed by atoms with Crippen LogP contribution in [-0.4, -0.2) is 41.9 Å². The van der Waals surface area contributed by atoms with E-state index in [0.717, 1.165) is 53.9 Å². The third kappa shape index (κ3) is 4.67. The van der Waals surface area contributed by atoms with Crippen LogP contribution in [0.4, 0.5) is 4.39 Å². The van der Waals surface area contributed by atoms with E-state index in [-0.39, 0.29) is 11.7 Å². The van der Waals surface area contributed by atoms with Crippen LogP contribution in [0.5, 0.6) is 0 Å². The van der Waals surface area contributed by atoms with Crippen molar-refractivity contribution in [2.75, 3.05) is 26.2 Å². The number of piperazine rings is 1. The molecule has 0 radical (unpaired) electrons. The number of aryl methyl sites for hydroxylation is 1. The van der Waals surface area contributed by atoms with Gasteiger partial charge in [-0.1, -0.05) is 46.3 Å². The summed E-state index contributed by atoms with van der Waals surface area (Å²) in [7, 11) is 0. The minimum Gasteiger partial charge on any atom is -0.340 e. The molecule has 2 aromatic carbocycles. The van der Waals surface area contributed by atoms with Crippen molar-refractivity contribution in [2.24, 2.45) is 0 Å². The lowest BCUT2D eigenvalue weighted by Crippen LogP contribution is -2.48.